The lowest BCUT2D eigenvalue weighted by molar-refractivity contribution is 0.659. The van der Waals surface area contributed by atoms with Crippen molar-refractivity contribution >= 4 is 52.9 Å². The molecule has 4 aromatic carbocycles. The normalized spacial score (nSPS) is 27.1. The first-order chi connectivity index (χ1) is 20.8. The molecular weight excluding hydrogens is 580 g/mol. The van der Waals surface area contributed by atoms with Crippen LogP contribution >= 0.6 is 31.7 Å². The highest BCUT2D eigenvalue weighted by Gasteiger charge is 2.35. The summed E-state index contributed by atoms with van der Waals surface area (Å²) in [4.78, 5) is 0. The Morgan fingerprint density at radius 3 is 1.33 bits per heavy atom. The Balaban J connectivity index is 0.000000153. The Labute approximate surface area is 260 Å². The first-order valence-electron chi connectivity index (χ1n) is 16.0. The monoisotopic (exact) mass is 626 g/mol. The number of hydrogen-bond donors (Lipinski definition) is 0. The second-order valence-electron chi connectivity index (χ2n) is 12.0. The third-order valence-electron chi connectivity index (χ3n) is 9.32. The third kappa shape index (κ3) is 7.62. The van der Waals surface area contributed by atoms with E-state index in [0.29, 0.717) is 0 Å². The van der Waals surface area contributed by atoms with Gasteiger partial charge >= 0.3 is 0 Å². The van der Waals surface area contributed by atoms with Gasteiger partial charge in [0.05, 0.1) is 0 Å². The molecule has 7 rings (SSSR count). The minimum absolute atomic E-state index is 0.103. The van der Waals surface area contributed by atoms with Gasteiger partial charge < -0.3 is 0 Å². The molecule has 3 heterocycles. The Morgan fingerprint density at radius 1 is 0.524 bits per heavy atom. The van der Waals surface area contributed by atoms with E-state index < -0.39 is 0 Å². The molecule has 3 aliphatic rings. The first kappa shape index (κ1) is 30.6. The van der Waals surface area contributed by atoms with Gasteiger partial charge in [-0.25, -0.2) is 0 Å². The molecule has 3 aliphatic heterocycles. The highest BCUT2D eigenvalue weighted by atomic mass is 31.2. The quantitative estimate of drug-likeness (QED) is 0.179. The van der Waals surface area contributed by atoms with Gasteiger partial charge in [0, 0.05) is 5.40 Å². The summed E-state index contributed by atoms with van der Waals surface area (Å²) in [5, 5.41) is 7.36. The lowest BCUT2D eigenvalue weighted by Gasteiger charge is -2.28. The van der Waals surface area contributed by atoms with Crippen LogP contribution in [0.2, 0.25) is 0 Å². The van der Waals surface area contributed by atoms with Crippen molar-refractivity contribution in [1.29, 1.82) is 0 Å². The van der Waals surface area contributed by atoms with Crippen LogP contribution in [-0.2, 0) is 0 Å². The third-order valence-corrected chi connectivity index (χ3v) is 22.3. The maximum absolute atomic E-state index is 2.51. The SMILES string of the molecule is CP1CCC[C@@H]1P(c1ccccc1)c1ccccc1.c1ccc(P2CCC[C@@H]2C[C@H]2CCCP2c2ccccc2)cc1. The molecule has 218 valence electrons. The molecule has 0 radical (unpaired) electrons. The van der Waals surface area contributed by atoms with E-state index in [0.717, 1.165) is 16.7 Å². The molecule has 0 bridgehead atoms. The fourth-order valence-electron chi connectivity index (χ4n) is 7.28. The Morgan fingerprint density at radius 2 is 0.929 bits per heavy atom. The van der Waals surface area contributed by atoms with Crippen molar-refractivity contribution in [1.82, 2.24) is 0 Å². The average molecular weight is 627 g/mol. The largest absolute Gasteiger partial charge is 0.102 e. The molecule has 3 fully saturated rings. The van der Waals surface area contributed by atoms with Gasteiger partial charge in [0.15, 0.2) is 0 Å². The van der Waals surface area contributed by atoms with Crippen LogP contribution in [0.15, 0.2) is 121 Å². The smallest absolute Gasteiger partial charge is 0.00720 e. The van der Waals surface area contributed by atoms with Crippen LogP contribution in [0.3, 0.4) is 0 Å². The molecule has 0 N–H and O–H groups in total. The summed E-state index contributed by atoms with van der Waals surface area (Å²) in [6, 6.07) is 45.2. The van der Waals surface area contributed by atoms with E-state index in [1.807, 2.05) is 0 Å². The summed E-state index contributed by atoms with van der Waals surface area (Å²) in [5.41, 5.74) is 1.98. The van der Waals surface area contributed by atoms with E-state index in [1.54, 1.807) is 21.2 Å². The average Bonchev–Trinajstić information content (AvgIpc) is 3.82. The van der Waals surface area contributed by atoms with Crippen molar-refractivity contribution in [2.45, 2.75) is 61.7 Å². The number of hydrogen-bond acceptors (Lipinski definition) is 0. The van der Waals surface area contributed by atoms with Crippen molar-refractivity contribution in [3.8, 4) is 0 Å². The zero-order valence-corrected chi connectivity index (χ0v) is 28.7. The summed E-state index contributed by atoms with van der Waals surface area (Å²) >= 11 is 0. The maximum Gasteiger partial charge on any atom is 0.00720 e. The molecule has 0 nitrogen and oxygen atoms in total. The zero-order valence-electron chi connectivity index (χ0n) is 25.1. The minimum Gasteiger partial charge on any atom is -0.102 e. The van der Waals surface area contributed by atoms with Crippen LogP contribution in [-0.4, -0.2) is 41.9 Å². The molecule has 3 unspecified atom stereocenters. The molecule has 4 aromatic rings. The fraction of sp³-hybridized carbons (Fsp3) is 0.368. The van der Waals surface area contributed by atoms with Gasteiger partial charge in [-0.3, -0.25) is 0 Å². The molecule has 3 saturated heterocycles. The Hall–Kier alpha value is -1.40. The highest BCUT2D eigenvalue weighted by molar-refractivity contribution is 7.84. The molecule has 4 heteroatoms. The van der Waals surface area contributed by atoms with Crippen molar-refractivity contribution in [3.05, 3.63) is 121 Å². The topological polar surface area (TPSA) is 0 Å². The van der Waals surface area contributed by atoms with E-state index in [1.165, 1.54) is 63.4 Å². The zero-order chi connectivity index (χ0) is 28.6. The van der Waals surface area contributed by atoms with Crippen LogP contribution in [0.5, 0.6) is 0 Å². The van der Waals surface area contributed by atoms with E-state index in [-0.39, 0.29) is 31.7 Å². The lowest BCUT2D eigenvalue weighted by atomic mass is 10.1. The summed E-state index contributed by atoms with van der Waals surface area (Å²) < 4.78 is 0. The molecule has 0 amide bonds. The van der Waals surface area contributed by atoms with Gasteiger partial charge in [-0.2, -0.15) is 0 Å². The van der Waals surface area contributed by atoms with Crippen molar-refractivity contribution < 1.29 is 0 Å². The molecule has 0 aliphatic carbocycles. The Kier molecular flexibility index (Phi) is 11.3. The van der Waals surface area contributed by atoms with Gasteiger partial charge in [-0.1, -0.05) is 137 Å². The summed E-state index contributed by atoms with van der Waals surface area (Å²) in [6.45, 7) is 2.51. The highest BCUT2D eigenvalue weighted by Crippen LogP contribution is 2.61. The maximum atomic E-state index is 2.51. The van der Waals surface area contributed by atoms with Crippen molar-refractivity contribution in [2.75, 3.05) is 25.2 Å². The summed E-state index contributed by atoms with van der Waals surface area (Å²) in [6.07, 6.45) is 14.7. The predicted octanol–water partition coefficient (Wildman–Crippen LogP) is 9.67. The minimum atomic E-state index is -0.163. The van der Waals surface area contributed by atoms with Crippen LogP contribution < -0.4 is 21.2 Å². The second kappa shape index (κ2) is 15.5. The van der Waals surface area contributed by atoms with Gasteiger partial charge in [-0.05, 0) is 111 Å². The standard InChI is InChI=1S/C21H26P2.C17H20P2/c1-3-9-18(10-4-1)22-15-7-13-20(22)17-21-14-8-16-23(21)19-11-5-2-6-12-19;1-18-14-8-13-17(18)19(15-9-4-2-5-10-15)16-11-6-3-7-12-16/h1-6,9-12,20-21H,7-8,13-17H2;2-7,9-12,17H,8,13-14H2,1H3/t20-,21-,22?,23?;17-,18?/m10/s1. The lowest BCUT2D eigenvalue weighted by Crippen LogP contribution is -2.18. The van der Waals surface area contributed by atoms with E-state index in [4.69, 9.17) is 0 Å². The molecule has 0 aromatic heterocycles. The number of rotatable bonds is 7. The summed E-state index contributed by atoms with van der Waals surface area (Å²) in [7, 11) is 0.256. The van der Waals surface area contributed by atoms with Gasteiger partial charge in [0.2, 0.25) is 0 Å². The summed E-state index contributed by atoms with van der Waals surface area (Å²) in [5.74, 6) is 0. The van der Waals surface area contributed by atoms with Crippen LogP contribution in [0.4, 0.5) is 0 Å². The molecule has 0 spiro atoms. The number of benzene rings is 4. The van der Waals surface area contributed by atoms with Crippen LogP contribution in [0.1, 0.15) is 44.9 Å². The van der Waals surface area contributed by atoms with Gasteiger partial charge in [0.1, 0.15) is 0 Å². The predicted molar refractivity (Wildman–Crippen MR) is 196 cm³/mol. The van der Waals surface area contributed by atoms with Crippen LogP contribution in [0, 0.1) is 0 Å². The fourth-order valence-corrected chi connectivity index (χ4v) is 20.4. The molecule has 0 saturated carbocycles. The molecular formula is C38H46P4. The molecule has 6 atom stereocenters. The van der Waals surface area contributed by atoms with Crippen molar-refractivity contribution in [2.24, 2.45) is 0 Å². The van der Waals surface area contributed by atoms with Gasteiger partial charge in [0.25, 0.3) is 0 Å². The molecule has 42 heavy (non-hydrogen) atoms. The van der Waals surface area contributed by atoms with Crippen molar-refractivity contribution in [3.63, 3.8) is 0 Å². The van der Waals surface area contributed by atoms with E-state index in [9.17, 15) is 0 Å². The Bertz CT molecular complexity index is 1240. The second-order valence-corrected chi connectivity index (χ2v) is 22.7. The first-order valence-corrected chi connectivity index (χ1v) is 22.7. The van der Waals surface area contributed by atoms with Crippen LogP contribution in [0.25, 0.3) is 0 Å². The van der Waals surface area contributed by atoms with Gasteiger partial charge in [-0.15, -0.1) is 7.92 Å². The van der Waals surface area contributed by atoms with E-state index in [2.05, 4.69) is 128 Å². The van der Waals surface area contributed by atoms with E-state index >= 15 is 0 Å².